The zero-order chi connectivity index (χ0) is 13.4. The molecule has 1 aromatic rings. The number of hydrogen-bond acceptors (Lipinski definition) is 2. The highest BCUT2D eigenvalue weighted by Crippen LogP contribution is 2.34. The number of hydrogen-bond donors (Lipinski definition) is 0. The molecule has 19 heavy (non-hydrogen) atoms. The van der Waals surface area contributed by atoms with Gasteiger partial charge in [-0.2, -0.15) is 0 Å². The Kier molecular flexibility index (Phi) is 3.44. The van der Waals surface area contributed by atoms with Gasteiger partial charge in [-0.1, -0.05) is 11.6 Å². The molecule has 0 N–H and O–H groups in total. The predicted octanol–water partition coefficient (Wildman–Crippen LogP) is 3.14. The van der Waals surface area contributed by atoms with Crippen LogP contribution in [-0.4, -0.2) is 28.9 Å². The Balaban J connectivity index is 1.78. The molecule has 0 aromatic carbocycles. The standard InChI is InChI=1S/C14H16ClFN2O/c15-13-12(5-11(16)6-17-13)14(19)18(7-9-1-2-9)8-10-3-4-10/h5-6,9-10H,1-4,7-8H2. The van der Waals surface area contributed by atoms with Gasteiger partial charge in [0.15, 0.2) is 0 Å². The number of aromatic nitrogens is 1. The van der Waals surface area contributed by atoms with E-state index in [-0.39, 0.29) is 16.6 Å². The molecule has 0 spiro atoms. The van der Waals surface area contributed by atoms with E-state index in [1.807, 2.05) is 4.90 Å². The summed E-state index contributed by atoms with van der Waals surface area (Å²) >= 11 is 5.91. The molecule has 2 saturated carbocycles. The van der Waals surface area contributed by atoms with Crippen molar-refractivity contribution in [2.45, 2.75) is 25.7 Å². The summed E-state index contributed by atoms with van der Waals surface area (Å²) < 4.78 is 13.2. The first-order valence-corrected chi connectivity index (χ1v) is 7.11. The zero-order valence-electron chi connectivity index (χ0n) is 10.6. The normalized spacial score (nSPS) is 18.4. The Morgan fingerprint density at radius 3 is 2.42 bits per heavy atom. The van der Waals surface area contributed by atoms with E-state index in [9.17, 15) is 9.18 Å². The van der Waals surface area contributed by atoms with E-state index in [2.05, 4.69) is 4.98 Å². The van der Waals surface area contributed by atoms with Gasteiger partial charge in [0.05, 0.1) is 11.8 Å². The van der Waals surface area contributed by atoms with Gasteiger partial charge in [-0.3, -0.25) is 4.79 Å². The highest BCUT2D eigenvalue weighted by Gasteiger charge is 2.32. The lowest BCUT2D eigenvalue weighted by atomic mass is 10.2. The van der Waals surface area contributed by atoms with Crippen molar-refractivity contribution in [2.24, 2.45) is 11.8 Å². The summed E-state index contributed by atoms with van der Waals surface area (Å²) in [4.78, 5) is 18.0. The molecule has 0 unspecified atom stereocenters. The number of carbonyl (C=O) groups excluding carboxylic acids is 1. The minimum atomic E-state index is -0.523. The monoisotopic (exact) mass is 282 g/mol. The molecule has 5 heteroatoms. The van der Waals surface area contributed by atoms with Crippen LogP contribution in [-0.2, 0) is 0 Å². The van der Waals surface area contributed by atoms with E-state index < -0.39 is 5.82 Å². The molecular weight excluding hydrogens is 267 g/mol. The van der Waals surface area contributed by atoms with Crippen molar-refractivity contribution in [1.29, 1.82) is 0 Å². The first-order chi connectivity index (χ1) is 9.13. The van der Waals surface area contributed by atoms with Gasteiger partial charge in [-0.15, -0.1) is 0 Å². The topological polar surface area (TPSA) is 33.2 Å². The zero-order valence-corrected chi connectivity index (χ0v) is 11.4. The third-order valence-electron chi connectivity index (χ3n) is 3.67. The fourth-order valence-electron chi connectivity index (χ4n) is 2.21. The molecule has 0 aliphatic heterocycles. The Bertz CT molecular complexity index is 486. The van der Waals surface area contributed by atoms with Crippen LogP contribution in [0.15, 0.2) is 12.3 Å². The number of amides is 1. The lowest BCUT2D eigenvalue weighted by Crippen LogP contribution is -2.35. The second kappa shape index (κ2) is 5.08. The van der Waals surface area contributed by atoms with Crippen LogP contribution in [0.25, 0.3) is 0 Å². The molecule has 2 aliphatic carbocycles. The van der Waals surface area contributed by atoms with E-state index in [1.54, 1.807) is 0 Å². The molecule has 0 radical (unpaired) electrons. The number of nitrogens with zero attached hydrogens (tertiary/aromatic N) is 2. The third-order valence-corrected chi connectivity index (χ3v) is 3.98. The van der Waals surface area contributed by atoms with Gasteiger partial charge < -0.3 is 4.90 Å². The Labute approximate surface area is 116 Å². The summed E-state index contributed by atoms with van der Waals surface area (Å²) in [6.45, 7) is 1.53. The Hall–Kier alpha value is -1.16. The summed E-state index contributed by atoms with van der Waals surface area (Å²) in [5.41, 5.74) is 0.183. The molecule has 0 bridgehead atoms. The van der Waals surface area contributed by atoms with Crippen molar-refractivity contribution in [3.05, 3.63) is 28.8 Å². The van der Waals surface area contributed by atoms with Crippen LogP contribution >= 0.6 is 11.6 Å². The summed E-state index contributed by atoms with van der Waals surface area (Å²) in [5.74, 6) is 0.521. The lowest BCUT2D eigenvalue weighted by molar-refractivity contribution is 0.0739. The average molecular weight is 283 g/mol. The van der Waals surface area contributed by atoms with Crippen LogP contribution in [0.3, 0.4) is 0 Å². The smallest absolute Gasteiger partial charge is 0.257 e. The van der Waals surface area contributed by atoms with Crippen LogP contribution in [0.5, 0.6) is 0 Å². The second-order valence-electron chi connectivity index (χ2n) is 5.59. The van der Waals surface area contributed by atoms with Gasteiger partial charge in [0, 0.05) is 13.1 Å². The Morgan fingerprint density at radius 2 is 1.89 bits per heavy atom. The Morgan fingerprint density at radius 1 is 1.32 bits per heavy atom. The van der Waals surface area contributed by atoms with Crippen molar-refractivity contribution >= 4 is 17.5 Å². The van der Waals surface area contributed by atoms with Crippen LogP contribution in [0.2, 0.25) is 5.15 Å². The fourth-order valence-corrected chi connectivity index (χ4v) is 2.39. The van der Waals surface area contributed by atoms with Gasteiger partial charge in [0.2, 0.25) is 0 Å². The maximum atomic E-state index is 13.2. The van der Waals surface area contributed by atoms with E-state index in [4.69, 9.17) is 11.6 Å². The first-order valence-electron chi connectivity index (χ1n) is 6.74. The van der Waals surface area contributed by atoms with E-state index in [1.165, 1.54) is 31.7 Å². The van der Waals surface area contributed by atoms with Crippen LogP contribution in [0.4, 0.5) is 4.39 Å². The van der Waals surface area contributed by atoms with E-state index in [0.29, 0.717) is 11.8 Å². The highest BCUT2D eigenvalue weighted by atomic mass is 35.5. The maximum absolute atomic E-state index is 13.2. The summed E-state index contributed by atoms with van der Waals surface area (Å²) in [5, 5.41) is 0.0861. The maximum Gasteiger partial charge on any atom is 0.257 e. The second-order valence-corrected chi connectivity index (χ2v) is 5.95. The highest BCUT2D eigenvalue weighted by molar-refractivity contribution is 6.32. The minimum absolute atomic E-state index is 0.0861. The van der Waals surface area contributed by atoms with E-state index in [0.717, 1.165) is 19.3 Å². The molecule has 0 saturated heterocycles. The van der Waals surface area contributed by atoms with Crippen molar-refractivity contribution < 1.29 is 9.18 Å². The number of halogens is 2. The molecule has 3 nitrogen and oxygen atoms in total. The van der Waals surface area contributed by atoms with E-state index >= 15 is 0 Å². The number of rotatable bonds is 5. The van der Waals surface area contributed by atoms with Gasteiger partial charge in [-0.05, 0) is 43.6 Å². The molecule has 2 fully saturated rings. The quantitative estimate of drug-likeness (QED) is 0.778. The van der Waals surface area contributed by atoms with Crippen LogP contribution in [0.1, 0.15) is 36.0 Å². The first kappa shape index (κ1) is 12.9. The van der Waals surface area contributed by atoms with Gasteiger partial charge >= 0.3 is 0 Å². The summed E-state index contributed by atoms with van der Waals surface area (Å²) in [6.07, 6.45) is 5.77. The molecule has 1 heterocycles. The van der Waals surface area contributed by atoms with Gasteiger partial charge in [0.25, 0.3) is 5.91 Å². The molecule has 1 aromatic heterocycles. The van der Waals surface area contributed by atoms with Crippen LogP contribution < -0.4 is 0 Å². The van der Waals surface area contributed by atoms with Crippen molar-refractivity contribution in [2.75, 3.05) is 13.1 Å². The van der Waals surface area contributed by atoms with Crippen molar-refractivity contribution in [1.82, 2.24) is 9.88 Å². The summed E-state index contributed by atoms with van der Waals surface area (Å²) in [7, 11) is 0. The van der Waals surface area contributed by atoms with Crippen LogP contribution in [0, 0.1) is 17.7 Å². The average Bonchev–Trinajstić information content (AvgIpc) is 3.25. The van der Waals surface area contributed by atoms with Crippen molar-refractivity contribution in [3.63, 3.8) is 0 Å². The number of carbonyl (C=O) groups is 1. The third kappa shape index (κ3) is 3.24. The SMILES string of the molecule is O=C(c1cc(F)cnc1Cl)N(CC1CC1)CC1CC1. The fraction of sp³-hybridized carbons (Fsp3) is 0.571. The lowest BCUT2D eigenvalue weighted by Gasteiger charge is -2.23. The molecule has 0 atom stereocenters. The molecule has 2 aliphatic rings. The molecule has 1 amide bonds. The predicted molar refractivity (Wildman–Crippen MR) is 70.6 cm³/mol. The molecule has 3 rings (SSSR count). The van der Waals surface area contributed by atoms with Crippen molar-refractivity contribution in [3.8, 4) is 0 Å². The largest absolute Gasteiger partial charge is 0.338 e. The minimum Gasteiger partial charge on any atom is -0.338 e. The summed E-state index contributed by atoms with van der Waals surface area (Å²) in [6, 6.07) is 1.18. The number of pyridine rings is 1. The molecule has 102 valence electrons. The van der Waals surface area contributed by atoms with Gasteiger partial charge in [-0.25, -0.2) is 9.37 Å². The van der Waals surface area contributed by atoms with Gasteiger partial charge in [0.1, 0.15) is 11.0 Å². The molecular formula is C14H16ClFN2O.